The fraction of sp³-hybridized carbons (Fsp3) is 0.138. The first kappa shape index (κ1) is 26.9. The van der Waals surface area contributed by atoms with Crippen LogP contribution in [0.15, 0.2) is 86.6 Å². The molecule has 1 aromatic heterocycles. The molecule has 2 heterocycles. The molecule has 1 N–H and O–H groups in total. The molecular weight excluding hydrogens is 604 g/mol. The van der Waals surface area contributed by atoms with Crippen LogP contribution in [0.2, 0.25) is 5.02 Å². The highest BCUT2D eigenvalue weighted by atomic mass is 79.9. The minimum absolute atomic E-state index is 0.144. The number of hydrogen-bond acceptors (Lipinski definition) is 7. The molecule has 10 heteroatoms. The summed E-state index contributed by atoms with van der Waals surface area (Å²) >= 11 is 10.7. The van der Waals surface area contributed by atoms with Gasteiger partial charge in [0, 0.05) is 15.6 Å². The molecule has 0 unspecified atom stereocenters. The zero-order valence-corrected chi connectivity index (χ0v) is 24.0. The van der Waals surface area contributed by atoms with Crippen molar-refractivity contribution in [2.75, 3.05) is 13.7 Å². The van der Waals surface area contributed by atoms with E-state index in [9.17, 15) is 14.7 Å². The highest BCUT2D eigenvalue weighted by molar-refractivity contribution is 9.10. The molecule has 4 aromatic rings. The molecule has 1 aliphatic rings. The molecule has 1 atom stereocenters. The van der Waals surface area contributed by atoms with Gasteiger partial charge in [-0.05, 0) is 42.8 Å². The van der Waals surface area contributed by atoms with E-state index in [1.807, 2.05) is 42.5 Å². The second-order valence-corrected chi connectivity index (χ2v) is 10.9. The second-order valence-electron chi connectivity index (χ2n) is 8.53. The van der Waals surface area contributed by atoms with Gasteiger partial charge in [0.15, 0.2) is 4.80 Å². The monoisotopic (exact) mass is 624 g/mol. The number of ether oxygens (including phenoxy) is 2. The first-order valence-electron chi connectivity index (χ1n) is 11.9. The van der Waals surface area contributed by atoms with Gasteiger partial charge in [-0.25, -0.2) is 9.79 Å². The van der Waals surface area contributed by atoms with Gasteiger partial charge in [-0.2, -0.15) is 0 Å². The molecule has 0 saturated carbocycles. The van der Waals surface area contributed by atoms with E-state index in [4.69, 9.17) is 26.1 Å². The van der Waals surface area contributed by atoms with E-state index < -0.39 is 12.0 Å². The number of rotatable bonds is 6. The number of phenolic OH excluding ortho intramolecular Hbond substituents is 1. The third-order valence-corrected chi connectivity index (χ3v) is 7.88. The first-order valence-corrected chi connectivity index (χ1v) is 13.9. The Kier molecular flexibility index (Phi) is 7.74. The summed E-state index contributed by atoms with van der Waals surface area (Å²) in [6, 6.07) is 18.9. The average molecular weight is 626 g/mol. The molecule has 3 aromatic carbocycles. The lowest BCUT2D eigenvalue weighted by atomic mass is 9.93. The van der Waals surface area contributed by atoms with Gasteiger partial charge in [0.1, 0.15) is 11.5 Å². The molecule has 0 amide bonds. The van der Waals surface area contributed by atoms with Crippen LogP contribution in [-0.2, 0) is 9.53 Å². The Balaban J connectivity index is 1.84. The van der Waals surface area contributed by atoms with Crippen LogP contribution >= 0.6 is 38.9 Å². The minimum atomic E-state index is -0.816. The summed E-state index contributed by atoms with van der Waals surface area (Å²) < 4.78 is 13.3. The molecule has 39 heavy (non-hydrogen) atoms. The number of esters is 1. The van der Waals surface area contributed by atoms with Gasteiger partial charge in [-0.3, -0.25) is 9.36 Å². The summed E-state index contributed by atoms with van der Waals surface area (Å²) in [5.74, 6) is -0.0701. The summed E-state index contributed by atoms with van der Waals surface area (Å²) in [5, 5.41) is 10.7. The molecule has 0 aliphatic carbocycles. The lowest BCUT2D eigenvalue weighted by Gasteiger charge is -2.26. The van der Waals surface area contributed by atoms with Crippen molar-refractivity contribution in [2.45, 2.75) is 13.0 Å². The van der Waals surface area contributed by atoms with E-state index >= 15 is 0 Å². The molecule has 0 fully saturated rings. The summed E-state index contributed by atoms with van der Waals surface area (Å²) in [6.07, 6.45) is 1.57. The van der Waals surface area contributed by atoms with Crippen molar-refractivity contribution in [1.82, 2.24) is 4.57 Å². The van der Waals surface area contributed by atoms with Crippen LogP contribution in [0.1, 0.15) is 29.7 Å². The molecule has 5 rings (SSSR count). The third-order valence-electron chi connectivity index (χ3n) is 6.15. The molecule has 1 aliphatic heterocycles. The molecule has 7 nitrogen and oxygen atoms in total. The lowest BCUT2D eigenvalue weighted by Crippen LogP contribution is -2.40. The number of aromatic hydroxyl groups is 1. The van der Waals surface area contributed by atoms with Crippen molar-refractivity contribution in [3.05, 3.63) is 118 Å². The fourth-order valence-electron chi connectivity index (χ4n) is 4.38. The van der Waals surface area contributed by atoms with Gasteiger partial charge < -0.3 is 14.6 Å². The second kappa shape index (κ2) is 11.2. The summed E-state index contributed by atoms with van der Waals surface area (Å²) in [6.45, 7) is 1.89. The summed E-state index contributed by atoms with van der Waals surface area (Å²) in [7, 11) is 1.57. The molecule has 0 radical (unpaired) electrons. The van der Waals surface area contributed by atoms with Crippen LogP contribution in [0.25, 0.3) is 11.8 Å². The molecule has 0 saturated heterocycles. The molecular formula is C29H22BrClN2O5S. The van der Waals surface area contributed by atoms with Crippen molar-refractivity contribution in [3.8, 4) is 11.5 Å². The number of thiazole rings is 1. The number of nitrogens with zero attached hydrogens (tertiary/aromatic N) is 2. The lowest BCUT2D eigenvalue weighted by molar-refractivity contribution is -0.138. The van der Waals surface area contributed by atoms with Crippen molar-refractivity contribution in [1.29, 1.82) is 0 Å². The maximum atomic E-state index is 13.9. The van der Waals surface area contributed by atoms with Crippen LogP contribution in [0.4, 0.5) is 0 Å². The van der Waals surface area contributed by atoms with Crippen LogP contribution in [0, 0.1) is 0 Å². The molecule has 0 bridgehead atoms. The zero-order valence-electron chi connectivity index (χ0n) is 20.9. The van der Waals surface area contributed by atoms with Gasteiger partial charge in [0.2, 0.25) is 0 Å². The van der Waals surface area contributed by atoms with E-state index in [2.05, 4.69) is 15.9 Å². The highest BCUT2D eigenvalue weighted by Gasteiger charge is 2.35. The Labute approximate surface area is 241 Å². The van der Waals surface area contributed by atoms with E-state index in [0.29, 0.717) is 41.9 Å². The van der Waals surface area contributed by atoms with E-state index in [1.54, 1.807) is 44.4 Å². The van der Waals surface area contributed by atoms with Crippen molar-refractivity contribution >= 4 is 56.6 Å². The van der Waals surface area contributed by atoms with E-state index in [1.165, 1.54) is 4.57 Å². The molecule has 0 spiro atoms. The van der Waals surface area contributed by atoms with Crippen LogP contribution in [0.3, 0.4) is 0 Å². The first-order chi connectivity index (χ1) is 18.8. The predicted molar refractivity (Wildman–Crippen MR) is 155 cm³/mol. The SMILES string of the molecule is CCOC(=O)C1=C(c2ccccc2)N=c2s/c(=C\c3cc(Br)cc(Cl)c3O)c(=O)n2[C@H]1c1ccc(OC)cc1. The number of halogens is 2. The number of aromatic nitrogens is 1. The predicted octanol–water partition coefficient (Wildman–Crippen LogP) is 5.07. The standard InChI is InChI=1S/C29H22BrClN2O5S/c1-3-38-28(36)23-24(16-7-5-4-6-8-16)32-29-33(25(23)17-9-11-20(37-2)12-10-17)27(35)22(39-29)14-18-13-19(30)15-21(31)26(18)34/h4-15,25,34H,3H2,1-2H3/b22-14-/t25-/m0/s1. The normalized spacial score (nSPS) is 15.1. The fourth-order valence-corrected chi connectivity index (χ4v) is 6.20. The number of hydrogen-bond donors (Lipinski definition) is 1. The summed E-state index contributed by atoms with van der Waals surface area (Å²) in [5.41, 5.74) is 2.07. The van der Waals surface area contributed by atoms with Crippen LogP contribution < -0.4 is 19.6 Å². The minimum Gasteiger partial charge on any atom is -0.506 e. The van der Waals surface area contributed by atoms with E-state index in [-0.39, 0.29) is 28.5 Å². The maximum absolute atomic E-state index is 13.9. The zero-order chi connectivity index (χ0) is 27.7. The number of carbonyl (C=O) groups is 1. The number of methoxy groups -OCH3 is 1. The topological polar surface area (TPSA) is 90.1 Å². The number of carbonyl (C=O) groups excluding carboxylic acids is 1. The number of phenols is 1. The van der Waals surface area contributed by atoms with Crippen molar-refractivity contribution in [3.63, 3.8) is 0 Å². The quantitative estimate of drug-likeness (QED) is 0.303. The Hall–Kier alpha value is -3.66. The largest absolute Gasteiger partial charge is 0.506 e. The van der Waals surface area contributed by atoms with Crippen LogP contribution in [-0.4, -0.2) is 29.4 Å². The Bertz CT molecular complexity index is 1780. The van der Waals surface area contributed by atoms with Gasteiger partial charge in [-0.15, -0.1) is 0 Å². The summed E-state index contributed by atoms with van der Waals surface area (Å²) in [4.78, 5) is 32.6. The number of benzene rings is 3. The third kappa shape index (κ3) is 5.17. The molecule has 198 valence electrons. The average Bonchev–Trinajstić information content (AvgIpc) is 3.25. The van der Waals surface area contributed by atoms with Gasteiger partial charge in [0.05, 0.1) is 40.6 Å². The van der Waals surface area contributed by atoms with Crippen molar-refractivity contribution < 1.29 is 19.4 Å². The Morgan fingerprint density at radius 1 is 1.18 bits per heavy atom. The van der Waals surface area contributed by atoms with Gasteiger partial charge in [0.25, 0.3) is 5.56 Å². The Morgan fingerprint density at radius 3 is 2.56 bits per heavy atom. The van der Waals surface area contributed by atoms with Gasteiger partial charge in [-0.1, -0.05) is 81.3 Å². The van der Waals surface area contributed by atoms with Crippen molar-refractivity contribution in [2.24, 2.45) is 4.99 Å². The smallest absolute Gasteiger partial charge is 0.338 e. The van der Waals surface area contributed by atoms with E-state index in [0.717, 1.165) is 11.3 Å². The highest BCUT2D eigenvalue weighted by Crippen LogP contribution is 2.36. The van der Waals surface area contributed by atoms with Crippen LogP contribution in [0.5, 0.6) is 11.5 Å². The Morgan fingerprint density at radius 2 is 1.90 bits per heavy atom. The number of fused-ring (bicyclic) bond motifs is 1. The maximum Gasteiger partial charge on any atom is 0.338 e. The van der Waals surface area contributed by atoms with Gasteiger partial charge >= 0.3 is 5.97 Å².